The van der Waals surface area contributed by atoms with Crippen LogP contribution in [-0.2, 0) is 0 Å². The number of aromatic hydroxyl groups is 2. The van der Waals surface area contributed by atoms with Gasteiger partial charge in [0.15, 0.2) is 11.5 Å². The van der Waals surface area contributed by atoms with Crippen LogP contribution in [0.4, 0.5) is 0 Å². The van der Waals surface area contributed by atoms with E-state index >= 15 is 0 Å². The minimum Gasteiger partial charge on any atom is -0.545 e. The van der Waals surface area contributed by atoms with Crippen molar-refractivity contribution in [3.8, 4) is 11.5 Å². The third-order valence-electron chi connectivity index (χ3n) is 3.16. The van der Waals surface area contributed by atoms with Gasteiger partial charge in [-0.3, -0.25) is 0 Å². The van der Waals surface area contributed by atoms with E-state index in [4.69, 9.17) is 0 Å². The Balaban J connectivity index is 0.00000147. The molecule has 3 rings (SSSR count). The van der Waals surface area contributed by atoms with E-state index in [2.05, 4.69) is 0 Å². The van der Waals surface area contributed by atoms with Gasteiger partial charge in [-0.25, -0.2) is 0 Å². The van der Waals surface area contributed by atoms with Crippen molar-refractivity contribution in [3.05, 3.63) is 48.0 Å². The van der Waals surface area contributed by atoms with Crippen LogP contribution in [0.2, 0.25) is 0 Å². The third kappa shape index (κ3) is 2.22. The minimum atomic E-state index is -1.52. The topological polar surface area (TPSA) is 80.6 Å². The molecule has 0 radical (unpaired) electrons. The fourth-order valence-corrected chi connectivity index (χ4v) is 2.27. The van der Waals surface area contributed by atoms with Gasteiger partial charge in [-0.05, 0) is 39.7 Å². The first-order valence-electron chi connectivity index (χ1n) is 5.66. The average molecular weight is 276 g/mol. The maximum absolute atomic E-state index is 11.1. The van der Waals surface area contributed by atoms with E-state index in [1.165, 1.54) is 6.07 Å². The summed E-state index contributed by atoms with van der Waals surface area (Å²) in [5.41, 5.74) is -0.388. The van der Waals surface area contributed by atoms with Crippen LogP contribution in [0.3, 0.4) is 0 Å². The second-order valence-corrected chi connectivity index (χ2v) is 4.33. The molecule has 0 aromatic heterocycles. The number of aromatic carboxylic acids is 1. The zero-order valence-electron chi connectivity index (χ0n) is 10.8. The molecule has 0 spiro atoms. The Kier molecular flexibility index (Phi) is 3.90. The number of phenols is 2. The largest absolute Gasteiger partial charge is 1.00 e. The molecule has 3 aromatic rings. The molecule has 94 valence electrons. The number of rotatable bonds is 1. The van der Waals surface area contributed by atoms with Crippen molar-refractivity contribution in [1.82, 2.24) is 0 Å². The SMILES string of the molecule is O=C([O-])c1c(O)c(O)cc2cc3ccccc3cc12.[Na+]. The predicted octanol–water partition coefficient (Wildman–Crippen LogP) is -1.23. The smallest absolute Gasteiger partial charge is 0.545 e. The number of hydrogen-bond acceptors (Lipinski definition) is 4. The van der Waals surface area contributed by atoms with Crippen LogP contribution >= 0.6 is 0 Å². The van der Waals surface area contributed by atoms with Gasteiger partial charge in [-0.1, -0.05) is 24.3 Å². The number of carbonyl (C=O) groups is 1. The molecule has 0 aliphatic rings. The molecule has 0 heterocycles. The van der Waals surface area contributed by atoms with Crippen molar-refractivity contribution in [2.75, 3.05) is 0 Å². The first-order valence-corrected chi connectivity index (χ1v) is 5.66. The Bertz CT molecular complexity index is 827. The van der Waals surface area contributed by atoms with Crippen LogP contribution in [0.25, 0.3) is 21.5 Å². The molecule has 0 bridgehead atoms. The molecule has 0 saturated heterocycles. The molecule has 0 saturated carbocycles. The molecule has 20 heavy (non-hydrogen) atoms. The summed E-state index contributed by atoms with van der Waals surface area (Å²) >= 11 is 0. The predicted molar refractivity (Wildman–Crippen MR) is 69.1 cm³/mol. The number of carbonyl (C=O) groups excluding carboxylic acids is 1. The van der Waals surface area contributed by atoms with Crippen molar-refractivity contribution < 1.29 is 49.7 Å². The Morgan fingerprint density at radius 1 is 0.950 bits per heavy atom. The van der Waals surface area contributed by atoms with Gasteiger partial charge in [0.2, 0.25) is 0 Å². The fourth-order valence-electron chi connectivity index (χ4n) is 2.27. The molecule has 5 heteroatoms. The monoisotopic (exact) mass is 276 g/mol. The first-order chi connectivity index (χ1) is 9.08. The van der Waals surface area contributed by atoms with Crippen LogP contribution in [0.1, 0.15) is 10.4 Å². The van der Waals surface area contributed by atoms with Crippen LogP contribution in [0.15, 0.2) is 42.5 Å². The average Bonchev–Trinajstić information content (AvgIpc) is 2.37. The maximum Gasteiger partial charge on any atom is 1.00 e. The van der Waals surface area contributed by atoms with Gasteiger partial charge >= 0.3 is 29.6 Å². The third-order valence-corrected chi connectivity index (χ3v) is 3.16. The van der Waals surface area contributed by atoms with Crippen LogP contribution < -0.4 is 34.7 Å². The normalized spacial score (nSPS) is 10.4. The summed E-state index contributed by atoms with van der Waals surface area (Å²) in [5.74, 6) is -2.65. The van der Waals surface area contributed by atoms with E-state index in [0.717, 1.165) is 10.8 Å². The second kappa shape index (κ2) is 5.32. The molecular weight excluding hydrogens is 267 g/mol. The summed E-state index contributed by atoms with van der Waals surface area (Å²) in [6, 6.07) is 12.2. The minimum absolute atomic E-state index is 0. The number of carboxylic acid groups (broad SMARTS) is 1. The number of hydrogen-bond donors (Lipinski definition) is 2. The molecule has 2 N–H and O–H groups in total. The Morgan fingerprint density at radius 2 is 1.55 bits per heavy atom. The van der Waals surface area contributed by atoms with Crippen LogP contribution in [-0.4, -0.2) is 16.2 Å². The van der Waals surface area contributed by atoms with E-state index in [-0.39, 0.29) is 35.1 Å². The molecular formula is C15H9NaO4. The van der Waals surface area contributed by atoms with E-state index in [1.54, 1.807) is 12.1 Å². The summed E-state index contributed by atoms with van der Waals surface area (Å²) < 4.78 is 0. The molecule has 0 unspecified atom stereocenters. The molecule has 0 fully saturated rings. The van der Waals surface area contributed by atoms with Gasteiger partial charge < -0.3 is 20.1 Å². The summed E-state index contributed by atoms with van der Waals surface area (Å²) in [7, 11) is 0. The number of carboxylic acids is 1. The quantitative estimate of drug-likeness (QED) is 0.331. The zero-order chi connectivity index (χ0) is 13.6. The molecule has 4 nitrogen and oxygen atoms in total. The Hall–Kier alpha value is -1.75. The van der Waals surface area contributed by atoms with Gasteiger partial charge in [-0.15, -0.1) is 0 Å². The Labute approximate surface area is 136 Å². The van der Waals surface area contributed by atoms with Gasteiger partial charge in [0.05, 0.1) is 11.5 Å². The van der Waals surface area contributed by atoms with Gasteiger partial charge in [0, 0.05) is 0 Å². The van der Waals surface area contributed by atoms with Crippen molar-refractivity contribution in [2.45, 2.75) is 0 Å². The van der Waals surface area contributed by atoms with Gasteiger partial charge in [0.1, 0.15) is 0 Å². The van der Waals surface area contributed by atoms with Gasteiger partial charge in [-0.2, -0.15) is 0 Å². The summed E-state index contributed by atoms with van der Waals surface area (Å²) in [6.07, 6.45) is 0. The van der Waals surface area contributed by atoms with Gasteiger partial charge in [0.25, 0.3) is 0 Å². The zero-order valence-corrected chi connectivity index (χ0v) is 12.8. The summed E-state index contributed by atoms with van der Waals surface area (Å²) in [5, 5.41) is 33.0. The maximum atomic E-state index is 11.1. The fraction of sp³-hybridized carbons (Fsp3) is 0. The van der Waals surface area contributed by atoms with Crippen LogP contribution in [0, 0.1) is 0 Å². The van der Waals surface area contributed by atoms with Crippen molar-refractivity contribution in [2.24, 2.45) is 0 Å². The van der Waals surface area contributed by atoms with Crippen molar-refractivity contribution in [3.63, 3.8) is 0 Å². The summed E-state index contributed by atoms with van der Waals surface area (Å²) in [4.78, 5) is 11.1. The van der Waals surface area contributed by atoms with Crippen molar-refractivity contribution in [1.29, 1.82) is 0 Å². The molecule has 0 atom stereocenters. The molecule has 0 aliphatic heterocycles. The van der Waals surface area contributed by atoms with E-state index in [9.17, 15) is 20.1 Å². The number of phenolic OH excluding ortho intramolecular Hbond substituents is 1. The van der Waals surface area contributed by atoms with E-state index in [0.29, 0.717) is 10.8 Å². The molecule has 3 aromatic carbocycles. The molecule has 0 amide bonds. The van der Waals surface area contributed by atoms with Crippen LogP contribution in [0.5, 0.6) is 11.5 Å². The molecule has 0 aliphatic carbocycles. The number of benzene rings is 3. The van der Waals surface area contributed by atoms with E-state index in [1.807, 2.05) is 24.3 Å². The van der Waals surface area contributed by atoms with Crippen molar-refractivity contribution >= 4 is 27.5 Å². The number of fused-ring (bicyclic) bond motifs is 2. The summed E-state index contributed by atoms with van der Waals surface area (Å²) in [6.45, 7) is 0. The Morgan fingerprint density at radius 3 is 2.15 bits per heavy atom. The standard InChI is InChI=1S/C15H10O4.Na/c16-12-7-10-5-8-3-1-2-4-9(8)6-11(10)13(14(12)17)15(18)19;/h1-7,16-17H,(H,18,19);/q;+1/p-1. The second-order valence-electron chi connectivity index (χ2n) is 4.33. The van der Waals surface area contributed by atoms with E-state index < -0.39 is 17.5 Å². The first kappa shape index (κ1) is 14.7.